The van der Waals surface area contributed by atoms with Gasteiger partial charge in [-0.05, 0) is 124 Å². The van der Waals surface area contributed by atoms with Crippen LogP contribution in [0.5, 0.6) is 0 Å². The number of esters is 4. The smallest absolute Gasteiger partial charge is 0.329 e. The molecule has 0 saturated carbocycles. The molecule has 3 heterocycles. The minimum Gasteiger partial charge on any atom is -0.451 e. The lowest BCUT2D eigenvalue weighted by Crippen LogP contribution is -2.55. The Kier molecular flexibility index (Phi) is 25.7. The second-order valence-corrected chi connectivity index (χ2v) is 28.9. The van der Waals surface area contributed by atoms with E-state index in [1.807, 2.05) is 0 Å². The van der Waals surface area contributed by atoms with E-state index >= 15 is 9.59 Å². The van der Waals surface area contributed by atoms with Crippen molar-refractivity contribution < 1.29 is 74.1 Å². The molecule has 24 heteroatoms. The van der Waals surface area contributed by atoms with Gasteiger partial charge in [0.05, 0.1) is 9.79 Å². The topological polar surface area (TPSA) is 261 Å². The molecule has 0 aromatic heterocycles. The van der Waals surface area contributed by atoms with Crippen LogP contribution >= 0.6 is 0 Å². The van der Waals surface area contributed by atoms with Gasteiger partial charge in [0.15, 0.2) is 24.4 Å². The number of ether oxygens (including phenoxy) is 4. The first-order valence-corrected chi connectivity index (χ1v) is 33.2. The van der Waals surface area contributed by atoms with Crippen LogP contribution in [-0.4, -0.2) is 196 Å². The highest BCUT2D eigenvalue weighted by molar-refractivity contribution is 7.89. The molecule has 3 saturated heterocycles. The third-order valence-electron chi connectivity index (χ3n) is 16.1. The number of hydrogen-bond acceptors (Lipinski definition) is 16. The summed E-state index contributed by atoms with van der Waals surface area (Å²) < 4.78 is 81.4. The van der Waals surface area contributed by atoms with Crippen molar-refractivity contribution in [1.29, 1.82) is 0 Å². The van der Waals surface area contributed by atoms with Crippen molar-refractivity contribution in [1.82, 2.24) is 28.2 Å². The molecule has 0 aliphatic carbocycles. The Morgan fingerprint density at radius 3 is 0.884 bits per heavy atom. The van der Waals surface area contributed by atoms with Crippen LogP contribution in [0.25, 0.3) is 0 Å². The number of carbonyl (C=O) groups is 8. The molecule has 86 heavy (non-hydrogen) atoms. The fourth-order valence-electron chi connectivity index (χ4n) is 11.0. The molecule has 3 fully saturated rings. The Morgan fingerprint density at radius 2 is 0.628 bits per heavy atom. The molecule has 3 aliphatic heterocycles. The molecule has 22 nitrogen and oxygen atoms in total. The number of hydrogen-bond donors (Lipinski definition) is 0. The number of amides is 4. The van der Waals surface area contributed by atoms with E-state index in [0.29, 0.717) is 37.3 Å². The lowest BCUT2D eigenvalue weighted by atomic mass is 10.00. The standard InChI is InChI=1S/C62H94N6O16S2/c1-39(2)33-49-59(73)81-43(9)55(69)63(11)52(36-42(7)8)62(76)84-54(38-46-23-27-48(28-24-46)86(79,80)68-31-19-16-20-32-68)58(72)66(14)50(34-40(3)4)60(74)82-44(10)56(70)64(12)51(35-41(5)6)61(75)83-53(57(71)65(49)13)37-45-21-25-47(26-22-45)85(77,78)67-29-17-15-18-30-67/h21-28,39-44,49-54H,15-20,29-38H2,1-14H3/t43-,44-,49+,50+,51+,52+,53-,54-/m1/s1. The van der Waals surface area contributed by atoms with Gasteiger partial charge in [0.2, 0.25) is 20.0 Å². The number of cyclic esters (lactones) is 4. The van der Waals surface area contributed by atoms with Crippen LogP contribution in [0.4, 0.5) is 0 Å². The Morgan fingerprint density at radius 1 is 0.384 bits per heavy atom. The van der Waals surface area contributed by atoms with Gasteiger partial charge in [-0.1, -0.05) is 92.5 Å². The van der Waals surface area contributed by atoms with Gasteiger partial charge >= 0.3 is 23.9 Å². The highest BCUT2D eigenvalue weighted by Crippen LogP contribution is 2.28. The second-order valence-electron chi connectivity index (χ2n) is 25.0. The zero-order valence-electron chi connectivity index (χ0n) is 52.9. The minimum atomic E-state index is -3.85. The molecule has 0 N–H and O–H groups in total. The first kappa shape index (κ1) is 70.8. The maximum atomic E-state index is 15.0. The van der Waals surface area contributed by atoms with Crippen molar-refractivity contribution >= 4 is 67.6 Å². The van der Waals surface area contributed by atoms with E-state index in [-0.39, 0.29) is 72.0 Å². The zero-order valence-corrected chi connectivity index (χ0v) is 54.5. The van der Waals surface area contributed by atoms with Gasteiger partial charge in [0, 0.05) is 67.2 Å². The molecule has 0 spiro atoms. The van der Waals surface area contributed by atoms with Crippen LogP contribution in [0.2, 0.25) is 0 Å². The quantitative estimate of drug-likeness (QED) is 0.138. The summed E-state index contributed by atoms with van der Waals surface area (Å²) in [7, 11) is -2.39. The summed E-state index contributed by atoms with van der Waals surface area (Å²) in [4.78, 5) is 122. The molecule has 480 valence electrons. The number of rotatable bonds is 16. The summed E-state index contributed by atoms with van der Waals surface area (Å²) in [5.41, 5.74) is 0.780. The SMILES string of the molecule is CC(C)C[C@H]1C(=O)O[C@H](Cc2ccc(S(=O)(=O)N3CCCCC3)cc2)C(=O)N(C)[C@@H](CC(C)C)C(=O)O[C@H](C)C(=O)N(C)[C@@H](CC(C)C)C(=O)O[C@H](Cc2ccc(S(=O)(=O)N3CCCCC3)cc2)C(=O)N(C)[C@@H](CC(C)C)C(=O)O[C@H](C)C(=O)N1C. The van der Waals surface area contributed by atoms with Crippen molar-refractivity contribution in [3.63, 3.8) is 0 Å². The van der Waals surface area contributed by atoms with Crippen LogP contribution in [0.15, 0.2) is 58.3 Å². The van der Waals surface area contributed by atoms with Crippen molar-refractivity contribution in [2.24, 2.45) is 23.7 Å². The highest BCUT2D eigenvalue weighted by Gasteiger charge is 2.43. The molecule has 4 amide bonds. The van der Waals surface area contributed by atoms with E-state index in [2.05, 4.69) is 0 Å². The molecule has 8 atom stereocenters. The molecule has 2 aromatic carbocycles. The molecular weight excluding hydrogens is 1150 g/mol. The van der Waals surface area contributed by atoms with Crippen LogP contribution in [0.1, 0.15) is 145 Å². The largest absolute Gasteiger partial charge is 0.451 e. The average molecular weight is 1240 g/mol. The van der Waals surface area contributed by atoms with E-state index in [1.165, 1.54) is 99.2 Å². The Hall–Kier alpha value is -5.98. The molecule has 5 rings (SSSR count). The highest BCUT2D eigenvalue weighted by atomic mass is 32.2. The van der Waals surface area contributed by atoms with Crippen LogP contribution in [-0.2, 0) is 90.2 Å². The number of nitrogens with zero attached hydrogens (tertiary/aromatic N) is 6. The lowest BCUT2D eigenvalue weighted by molar-refractivity contribution is -0.176. The zero-order chi connectivity index (χ0) is 64.1. The van der Waals surface area contributed by atoms with E-state index in [0.717, 1.165) is 58.1 Å². The van der Waals surface area contributed by atoms with Crippen LogP contribution in [0.3, 0.4) is 0 Å². The summed E-state index contributed by atoms with van der Waals surface area (Å²) in [5.74, 6) is -8.42. The van der Waals surface area contributed by atoms with Crippen molar-refractivity contribution in [3.8, 4) is 0 Å². The Bertz CT molecular complexity index is 2700. The molecule has 0 bridgehead atoms. The van der Waals surface area contributed by atoms with Gasteiger partial charge in [-0.3, -0.25) is 19.2 Å². The maximum Gasteiger partial charge on any atom is 0.329 e. The van der Waals surface area contributed by atoms with Crippen LogP contribution < -0.4 is 0 Å². The summed E-state index contributed by atoms with van der Waals surface area (Å²) in [6, 6.07) is 6.18. The van der Waals surface area contributed by atoms with Gasteiger partial charge in [-0.2, -0.15) is 8.61 Å². The number of likely N-dealkylation sites (N-methyl/N-ethyl adjacent to an activating group) is 4. The predicted molar refractivity (Wildman–Crippen MR) is 320 cm³/mol. The van der Waals surface area contributed by atoms with Gasteiger partial charge in [0.1, 0.15) is 24.2 Å². The predicted octanol–water partition coefficient (Wildman–Crippen LogP) is 6.01. The molecule has 0 radical (unpaired) electrons. The third-order valence-corrected chi connectivity index (χ3v) is 19.9. The first-order valence-electron chi connectivity index (χ1n) is 30.3. The Labute approximate surface area is 510 Å². The second kappa shape index (κ2) is 31.3. The van der Waals surface area contributed by atoms with Crippen molar-refractivity contribution in [2.45, 2.75) is 205 Å². The van der Waals surface area contributed by atoms with Gasteiger partial charge in [-0.15, -0.1) is 0 Å². The molecular formula is C62H94N6O16S2. The normalized spacial score (nSPS) is 25.4. The summed E-state index contributed by atoms with van der Waals surface area (Å²) in [6.45, 7) is 18.6. The average Bonchev–Trinajstić information content (AvgIpc) is 3.08. The molecule has 0 unspecified atom stereocenters. The van der Waals surface area contributed by atoms with E-state index < -0.39 is 116 Å². The van der Waals surface area contributed by atoms with E-state index in [1.54, 1.807) is 55.4 Å². The monoisotopic (exact) mass is 1240 g/mol. The third kappa shape index (κ3) is 18.5. The van der Waals surface area contributed by atoms with E-state index in [9.17, 15) is 45.6 Å². The molecule has 3 aliphatic rings. The van der Waals surface area contributed by atoms with Gasteiger partial charge in [-0.25, -0.2) is 36.0 Å². The number of piperidine rings is 2. The van der Waals surface area contributed by atoms with Gasteiger partial charge < -0.3 is 38.5 Å². The molecule has 2 aromatic rings. The Balaban J connectivity index is 1.60. The fraction of sp³-hybridized carbons (Fsp3) is 0.677. The van der Waals surface area contributed by atoms with Crippen molar-refractivity contribution in [2.75, 3.05) is 54.4 Å². The first-order chi connectivity index (χ1) is 40.3. The number of benzene rings is 2. The lowest BCUT2D eigenvalue weighted by Gasteiger charge is -2.35. The van der Waals surface area contributed by atoms with E-state index in [4.69, 9.17) is 18.9 Å². The number of sulfonamides is 2. The van der Waals surface area contributed by atoms with Gasteiger partial charge in [0.25, 0.3) is 23.6 Å². The fourth-order valence-corrected chi connectivity index (χ4v) is 14.0. The summed E-state index contributed by atoms with van der Waals surface area (Å²) in [6.07, 6.45) is -2.34. The van der Waals surface area contributed by atoms with Crippen LogP contribution in [0, 0.1) is 23.7 Å². The van der Waals surface area contributed by atoms with Crippen molar-refractivity contribution in [3.05, 3.63) is 59.7 Å². The number of carbonyl (C=O) groups excluding carboxylic acids is 8. The maximum absolute atomic E-state index is 15.0. The summed E-state index contributed by atoms with van der Waals surface area (Å²) in [5, 5.41) is 0. The minimum absolute atomic E-state index is 0.00649. The summed E-state index contributed by atoms with van der Waals surface area (Å²) >= 11 is 0.